The fourth-order valence-electron chi connectivity index (χ4n) is 1.66. The summed E-state index contributed by atoms with van der Waals surface area (Å²) in [5.74, 6) is -0.332. The number of H-pyrrole nitrogens is 1. The fraction of sp³-hybridized carbons (Fsp3) is 0.231. The lowest BCUT2D eigenvalue weighted by molar-refractivity contribution is 0.0952. The second kappa shape index (κ2) is 4.71. The number of aromatic amines is 1. The first-order valence-electron chi connectivity index (χ1n) is 5.46. The quantitative estimate of drug-likeness (QED) is 0.842. The van der Waals surface area contributed by atoms with Gasteiger partial charge in [-0.2, -0.15) is 5.26 Å². The van der Waals surface area contributed by atoms with Crippen LogP contribution in [-0.4, -0.2) is 17.4 Å². The van der Waals surface area contributed by atoms with Crippen molar-refractivity contribution in [3.05, 3.63) is 36.0 Å². The van der Waals surface area contributed by atoms with Crippen molar-refractivity contribution in [2.75, 3.05) is 6.54 Å². The van der Waals surface area contributed by atoms with Crippen molar-refractivity contribution in [3.63, 3.8) is 0 Å². The predicted octanol–water partition coefficient (Wildman–Crippen LogP) is 2.06. The summed E-state index contributed by atoms with van der Waals surface area (Å²) in [5, 5.41) is 12.4. The topological polar surface area (TPSA) is 68.7 Å². The third kappa shape index (κ3) is 2.28. The molecule has 2 N–H and O–H groups in total. The maximum absolute atomic E-state index is 11.9. The molecule has 1 aromatic carbocycles. The molecule has 0 bridgehead atoms. The maximum Gasteiger partial charge on any atom is 0.253 e. The number of nitrogens with zero attached hydrogens (tertiary/aromatic N) is 1. The number of carbonyl (C=O) groups excluding carboxylic acids is 1. The average Bonchev–Trinajstić information content (AvgIpc) is 2.83. The van der Waals surface area contributed by atoms with Crippen LogP contribution in [0.4, 0.5) is 0 Å². The van der Waals surface area contributed by atoms with Crippen LogP contribution in [0.2, 0.25) is 0 Å². The van der Waals surface area contributed by atoms with Gasteiger partial charge in [0.15, 0.2) is 0 Å². The first-order valence-corrected chi connectivity index (χ1v) is 5.46. The molecule has 1 amide bonds. The first-order chi connectivity index (χ1) is 8.22. The number of rotatable bonds is 3. The lowest BCUT2D eigenvalue weighted by Crippen LogP contribution is -2.27. The summed E-state index contributed by atoms with van der Waals surface area (Å²) in [6, 6.07) is 9.56. The number of carbonyl (C=O) groups is 1. The zero-order valence-corrected chi connectivity index (χ0v) is 9.53. The van der Waals surface area contributed by atoms with Crippen molar-refractivity contribution in [1.82, 2.24) is 10.3 Å². The third-order valence-corrected chi connectivity index (χ3v) is 2.62. The molecular formula is C13H13N3O. The minimum atomic E-state index is -0.179. The van der Waals surface area contributed by atoms with E-state index in [0.717, 1.165) is 10.9 Å². The molecule has 0 fully saturated rings. The molecule has 0 aliphatic carbocycles. The Hall–Kier alpha value is -2.28. The van der Waals surface area contributed by atoms with E-state index in [1.54, 1.807) is 19.2 Å². The number of nitrogens with one attached hydrogen (secondary N) is 2. The van der Waals surface area contributed by atoms with E-state index in [0.29, 0.717) is 12.1 Å². The van der Waals surface area contributed by atoms with E-state index >= 15 is 0 Å². The van der Waals surface area contributed by atoms with Crippen molar-refractivity contribution < 1.29 is 4.79 Å². The second-order valence-electron chi connectivity index (χ2n) is 3.99. The number of para-hydroxylation sites is 1. The predicted molar refractivity (Wildman–Crippen MR) is 65.4 cm³/mol. The van der Waals surface area contributed by atoms with E-state index in [-0.39, 0.29) is 11.8 Å². The van der Waals surface area contributed by atoms with Crippen molar-refractivity contribution in [3.8, 4) is 6.07 Å². The Morgan fingerprint density at radius 1 is 1.53 bits per heavy atom. The van der Waals surface area contributed by atoms with E-state index in [4.69, 9.17) is 5.26 Å². The Kier molecular flexibility index (Phi) is 3.10. The minimum Gasteiger partial charge on any atom is -0.361 e. The largest absolute Gasteiger partial charge is 0.361 e. The van der Waals surface area contributed by atoms with E-state index in [2.05, 4.69) is 16.4 Å². The number of benzene rings is 1. The number of aromatic nitrogens is 1. The monoisotopic (exact) mass is 227 g/mol. The molecule has 17 heavy (non-hydrogen) atoms. The number of fused-ring (bicyclic) bond motifs is 1. The van der Waals surface area contributed by atoms with Gasteiger partial charge in [-0.3, -0.25) is 4.79 Å². The molecule has 0 radical (unpaired) electrons. The number of hydrogen-bond acceptors (Lipinski definition) is 2. The maximum atomic E-state index is 11.9. The number of nitriles is 1. The van der Waals surface area contributed by atoms with Crippen LogP contribution in [0.1, 0.15) is 17.3 Å². The minimum absolute atomic E-state index is 0.153. The average molecular weight is 227 g/mol. The van der Waals surface area contributed by atoms with Crippen LogP contribution >= 0.6 is 0 Å². The van der Waals surface area contributed by atoms with Gasteiger partial charge in [0, 0.05) is 18.1 Å². The fourth-order valence-corrected chi connectivity index (χ4v) is 1.66. The SMILES string of the molecule is CC(C#N)CNC(=O)c1cccc2cc[nH]c12. The van der Waals surface area contributed by atoms with Crippen molar-refractivity contribution in [2.45, 2.75) is 6.92 Å². The molecule has 0 aliphatic rings. The first kappa shape index (κ1) is 11.2. The van der Waals surface area contributed by atoms with Crippen LogP contribution in [0.3, 0.4) is 0 Å². The Labute approximate surface area is 99.3 Å². The summed E-state index contributed by atoms with van der Waals surface area (Å²) in [6.07, 6.45) is 1.80. The van der Waals surface area contributed by atoms with E-state index in [1.165, 1.54) is 0 Å². The van der Waals surface area contributed by atoms with Crippen LogP contribution in [0.5, 0.6) is 0 Å². The Morgan fingerprint density at radius 2 is 2.35 bits per heavy atom. The van der Waals surface area contributed by atoms with E-state index < -0.39 is 0 Å². The van der Waals surface area contributed by atoms with Crippen molar-refractivity contribution in [2.24, 2.45) is 5.92 Å². The lowest BCUT2D eigenvalue weighted by atomic mass is 10.1. The van der Waals surface area contributed by atoms with Crippen molar-refractivity contribution >= 4 is 16.8 Å². The molecule has 2 aromatic rings. The Bertz CT molecular complexity index is 580. The smallest absolute Gasteiger partial charge is 0.253 e. The molecular weight excluding hydrogens is 214 g/mol. The zero-order chi connectivity index (χ0) is 12.3. The van der Waals surface area contributed by atoms with Gasteiger partial charge in [0.2, 0.25) is 0 Å². The van der Waals surface area contributed by atoms with E-state index in [1.807, 2.05) is 18.2 Å². The van der Waals surface area contributed by atoms with Crippen LogP contribution in [0.25, 0.3) is 10.9 Å². The molecule has 4 heteroatoms. The molecule has 0 saturated heterocycles. The standard InChI is InChI=1S/C13H13N3O/c1-9(7-14)8-16-13(17)11-4-2-3-10-5-6-15-12(10)11/h2-6,9,15H,8H2,1H3,(H,16,17). The second-order valence-corrected chi connectivity index (χ2v) is 3.99. The van der Waals surface area contributed by atoms with Crippen LogP contribution in [0.15, 0.2) is 30.5 Å². The van der Waals surface area contributed by atoms with Gasteiger partial charge in [-0.05, 0) is 19.1 Å². The lowest BCUT2D eigenvalue weighted by Gasteiger charge is -2.07. The summed E-state index contributed by atoms with van der Waals surface area (Å²) in [5.41, 5.74) is 1.44. The third-order valence-electron chi connectivity index (χ3n) is 2.62. The molecule has 1 unspecified atom stereocenters. The van der Waals surface area contributed by atoms with Gasteiger partial charge in [0.25, 0.3) is 5.91 Å². The molecule has 0 spiro atoms. The number of hydrogen-bond donors (Lipinski definition) is 2. The highest BCUT2D eigenvalue weighted by atomic mass is 16.1. The normalized spacial score (nSPS) is 12.0. The van der Waals surface area contributed by atoms with Gasteiger partial charge in [0.1, 0.15) is 0 Å². The molecule has 86 valence electrons. The zero-order valence-electron chi connectivity index (χ0n) is 9.53. The van der Waals surface area contributed by atoms with Crippen LogP contribution in [-0.2, 0) is 0 Å². The molecule has 1 atom stereocenters. The van der Waals surface area contributed by atoms with Crippen LogP contribution < -0.4 is 5.32 Å². The molecule has 0 saturated carbocycles. The Morgan fingerprint density at radius 3 is 3.12 bits per heavy atom. The number of amides is 1. The highest BCUT2D eigenvalue weighted by Gasteiger charge is 2.11. The van der Waals surface area contributed by atoms with E-state index in [9.17, 15) is 4.79 Å². The summed E-state index contributed by atoms with van der Waals surface area (Å²) in [6.45, 7) is 2.14. The summed E-state index contributed by atoms with van der Waals surface area (Å²) >= 11 is 0. The summed E-state index contributed by atoms with van der Waals surface area (Å²) in [4.78, 5) is 15.0. The van der Waals surface area contributed by atoms with Gasteiger partial charge < -0.3 is 10.3 Å². The van der Waals surface area contributed by atoms with Gasteiger partial charge in [0.05, 0.1) is 23.1 Å². The summed E-state index contributed by atoms with van der Waals surface area (Å²) in [7, 11) is 0. The van der Waals surface area contributed by atoms with Crippen LogP contribution in [0, 0.1) is 17.2 Å². The van der Waals surface area contributed by atoms with Crippen molar-refractivity contribution in [1.29, 1.82) is 5.26 Å². The van der Waals surface area contributed by atoms with Gasteiger partial charge in [-0.1, -0.05) is 12.1 Å². The summed E-state index contributed by atoms with van der Waals surface area (Å²) < 4.78 is 0. The molecule has 0 aliphatic heterocycles. The molecule has 1 heterocycles. The molecule has 1 aromatic heterocycles. The Balaban J connectivity index is 2.19. The van der Waals surface area contributed by atoms with Gasteiger partial charge >= 0.3 is 0 Å². The highest BCUT2D eigenvalue weighted by molar-refractivity contribution is 6.05. The van der Waals surface area contributed by atoms with Gasteiger partial charge in [-0.25, -0.2) is 0 Å². The van der Waals surface area contributed by atoms with Gasteiger partial charge in [-0.15, -0.1) is 0 Å². The highest BCUT2D eigenvalue weighted by Crippen LogP contribution is 2.16. The molecule has 2 rings (SSSR count). The molecule has 4 nitrogen and oxygen atoms in total.